The highest BCUT2D eigenvalue weighted by Crippen LogP contribution is 2.26. The average Bonchev–Trinajstić information content (AvgIpc) is 2.58. The normalized spacial score (nSPS) is 10.2. The monoisotopic (exact) mass is 307 g/mol. The standard InChI is InChI=1S/C17H17N5O/c1-12-7-9-13(10-8-12)19-17-21-16(11-18-22-17)20-14-5-3-4-6-15(14)23-2/h3-11H,1-2H3,(H2,19,20,21,22). The van der Waals surface area contributed by atoms with Crippen LogP contribution in [-0.4, -0.2) is 22.3 Å². The smallest absolute Gasteiger partial charge is 0.249 e. The number of anilines is 4. The maximum atomic E-state index is 5.31. The van der Waals surface area contributed by atoms with Gasteiger partial charge >= 0.3 is 0 Å². The van der Waals surface area contributed by atoms with E-state index >= 15 is 0 Å². The molecule has 0 aliphatic carbocycles. The van der Waals surface area contributed by atoms with Gasteiger partial charge in [-0.25, -0.2) is 0 Å². The van der Waals surface area contributed by atoms with E-state index in [4.69, 9.17) is 4.74 Å². The lowest BCUT2D eigenvalue weighted by molar-refractivity contribution is 0.417. The van der Waals surface area contributed by atoms with E-state index in [9.17, 15) is 0 Å². The molecular weight excluding hydrogens is 290 g/mol. The molecule has 0 aliphatic heterocycles. The number of rotatable bonds is 5. The lowest BCUT2D eigenvalue weighted by Gasteiger charge is -2.10. The molecule has 0 spiro atoms. The first-order valence-corrected chi connectivity index (χ1v) is 7.18. The molecular formula is C17H17N5O. The third-order valence-corrected chi connectivity index (χ3v) is 3.24. The second kappa shape index (κ2) is 6.74. The summed E-state index contributed by atoms with van der Waals surface area (Å²) < 4.78 is 5.31. The van der Waals surface area contributed by atoms with Gasteiger partial charge in [-0.3, -0.25) is 0 Å². The lowest BCUT2D eigenvalue weighted by Crippen LogP contribution is -2.03. The van der Waals surface area contributed by atoms with Crippen molar-refractivity contribution < 1.29 is 4.74 Å². The molecule has 0 unspecified atom stereocenters. The zero-order valence-corrected chi connectivity index (χ0v) is 12.9. The fourth-order valence-corrected chi connectivity index (χ4v) is 2.07. The second-order valence-corrected chi connectivity index (χ2v) is 4.98. The van der Waals surface area contributed by atoms with Crippen LogP contribution in [0.3, 0.4) is 0 Å². The number of nitrogens with one attached hydrogen (secondary N) is 2. The number of aryl methyl sites for hydroxylation is 1. The van der Waals surface area contributed by atoms with Crippen LogP contribution in [-0.2, 0) is 0 Å². The third-order valence-electron chi connectivity index (χ3n) is 3.24. The van der Waals surface area contributed by atoms with Crippen molar-refractivity contribution in [1.82, 2.24) is 15.2 Å². The van der Waals surface area contributed by atoms with E-state index in [1.807, 2.05) is 55.5 Å². The first-order valence-electron chi connectivity index (χ1n) is 7.18. The van der Waals surface area contributed by atoms with Gasteiger partial charge in [0.05, 0.1) is 19.0 Å². The number of nitrogens with zero attached hydrogens (tertiary/aromatic N) is 3. The molecule has 0 saturated carbocycles. The van der Waals surface area contributed by atoms with Gasteiger partial charge in [0.2, 0.25) is 5.95 Å². The second-order valence-electron chi connectivity index (χ2n) is 4.98. The van der Waals surface area contributed by atoms with Gasteiger partial charge < -0.3 is 15.4 Å². The van der Waals surface area contributed by atoms with Gasteiger partial charge in [0.1, 0.15) is 5.75 Å². The van der Waals surface area contributed by atoms with Gasteiger partial charge in [-0.15, -0.1) is 5.10 Å². The largest absolute Gasteiger partial charge is 0.495 e. The Hall–Kier alpha value is -3.15. The zero-order chi connectivity index (χ0) is 16.1. The van der Waals surface area contributed by atoms with Crippen LogP contribution in [0.1, 0.15) is 5.56 Å². The average molecular weight is 307 g/mol. The van der Waals surface area contributed by atoms with Gasteiger partial charge in [0.25, 0.3) is 0 Å². The topological polar surface area (TPSA) is 72.0 Å². The van der Waals surface area contributed by atoms with E-state index in [1.54, 1.807) is 13.3 Å². The van der Waals surface area contributed by atoms with Crippen molar-refractivity contribution >= 4 is 23.1 Å². The predicted molar refractivity (Wildman–Crippen MR) is 90.6 cm³/mol. The van der Waals surface area contributed by atoms with Crippen LogP contribution < -0.4 is 15.4 Å². The molecule has 6 heteroatoms. The Morgan fingerprint density at radius 3 is 2.52 bits per heavy atom. The Morgan fingerprint density at radius 2 is 1.74 bits per heavy atom. The molecule has 0 radical (unpaired) electrons. The van der Waals surface area contributed by atoms with E-state index in [-0.39, 0.29) is 0 Å². The molecule has 1 heterocycles. The Morgan fingerprint density at radius 1 is 0.957 bits per heavy atom. The number of benzene rings is 2. The number of hydrogen-bond acceptors (Lipinski definition) is 6. The van der Waals surface area contributed by atoms with Crippen LogP contribution in [0.4, 0.5) is 23.1 Å². The van der Waals surface area contributed by atoms with E-state index in [0.717, 1.165) is 17.1 Å². The summed E-state index contributed by atoms with van der Waals surface area (Å²) in [4.78, 5) is 4.41. The molecule has 116 valence electrons. The SMILES string of the molecule is COc1ccccc1Nc1cnnc(Nc2ccc(C)cc2)n1. The van der Waals surface area contributed by atoms with Crippen molar-refractivity contribution in [3.8, 4) is 5.75 Å². The van der Waals surface area contributed by atoms with Gasteiger partial charge in [-0.1, -0.05) is 29.8 Å². The number of methoxy groups -OCH3 is 1. The van der Waals surface area contributed by atoms with Gasteiger partial charge in [0.15, 0.2) is 5.82 Å². The molecule has 2 N–H and O–H groups in total. The van der Waals surface area contributed by atoms with Crippen LogP contribution in [0, 0.1) is 6.92 Å². The van der Waals surface area contributed by atoms with Gasteiger partial charge in [-0.05, 0) is 31.2 Å². The first kappa shape index (κ1) is 14.8. The zero-order valence-electron chi connectivity index (χ0n) is 12.9. The highest BCUT2D eigenvalue weighted by Gasteiger charge is 2.05. The quantitative estimate of drug-likeness (QED) is 0.749. The molecule has 0 aliphatic rings. The summed E-state index contributed by atoms with van der Waals surface area (Å²) in [6.45, 7) is 2.04. The van der Waals surface area contributed by atoms with E-state index in [2.05, 4.69) is 25.8 Å². The molecule has 0 atom stereocenters. The van der Waals surface area contributed by atoms with Crippen LogP contribution >= 0.6 is 0 Å². The number of hydrogen-bond donors (Lipinski definition) is 2. The molecule has 6 nitrogen and oxygen atoms in total. The van der Waals surface area contributed by atoms with Gasteiger partial charge in [0, 0.05) is 5.69 Å². The van der Waals surface area contributed by atoms with Crippen LogP contribution in [0.15, 0.2) is 54.7 Å². The Balaban J connectivity index is 1.78. The first-order chi connectivity index (χ1) is 11.2. The molecule has 23 heavy (non-hydrogen) atoms. The highest BCUT2D eigenvalue weighted by molar-refractivity contribution is 5.64. The number of ether oxygens (including phenoxy) is 1. The van der Waals surface area contributed by atoms with Gasteiger partial charge in [-0.2, -0.15) is 10.1 Å². The summed E-state index contributed by atoms with van der Waals surface area (Å²) in [5.74, 6) is 1.74. The lowest BCUT2D eigenvalue weighted by atomic mass is 10.2. The molecule has 0 fully saturated rings. The Bertz CT molecular complexity index is 789. The highest BCUT2D eigenvalue weighted by atomic mass is 16.5. The maximum absolute atomic E-state index is 5.31. The maximum Gasteiger partial charge on any atom is 0.249 e. The van der Waals surface area contributed by atoms with Crippen molar-refractivity contribution in [3.63, 3.8) is 0 Å². The molecule has 0 bridgehead atoms. The molecule has 3 aromatic rings. The molecule has 1 aromatic heterocycles. The Labute approximate surface area is 134 Å². The molecule has 2 aromatic carbocycles. The van der Waals surface area contributed by atoms with Crippen LogP contribution in [0.2, 0.25) is 0 Å². The van der Waals surface area contributed by atoms with Crippen molar-refractivity contribution in [2.45, 2.75) is 6.92 Å². The molecule has 3 rings (SSSR count). The minimum absolute atomic E-state index is 0.425. The summed E-state index contributed by atoms with van der Waals surface area (Å²) in [7, 11) is 1.63. The van der Waals surface area contributed by atoms with Crippen molar-refractivity contribution in [2.75, 3.05) is 17.7 Å². The summed E-state index contributed by atoms with van der Waals surface area (Å²) in [5.41, 5.74) is 2.92. The fourth-order valence-electron chi connectivity index (χ4n) is 2.07. The van der Waals surface area contributed by atoms with Crippen LogP contribution in [0.5, 0.6) is 5.75 Å². The van der Waals surface area contributed by atoms with E-state index in [0.29, 0.717) is 11.8 Å². The molecule has 0 amide bonds. The summed E-state index contributed by atoms with van der Waals surface area (Å²) in [6.07, 6.45) is 1.56. The van der Waals surface area contributed by atoms with Crippen LogP contribution in [0.25, 0.3) is 0 Å². The van der Waals surface area contributed by atoms with Crippen molar-refractivity contribution in [3.05, 3.63) is 60.3 Å². The third kappa shape index (κ3) is 3.74. The number of para-hydroxylation sites is 2. The summed E-state index contributed by atoms with van der Waals surface area (Å²) >= 11 is 0. The predicted octanol–water partition coefficient (Wildman–Crippen LogP) is 3.68. The molecule has 0 saturated heterocycles. The minimum atomic E-state index is 0.425. The fraction of sp³-hybridized carbons (Fsp3) is 0.118. The summed E-state index contributed by atoms with van der Waals surface area (Å²) in [5, 5.41) is 14.3. The van der Waals surface area contributed by atoms with Crippen molar-refractivity contribution in [2.24, 2.45) is 0 Å². The van der Waals surface area contributed by atoms with E-state index < -0.39 is 0 Å². The Kier molecular flexibility index (Phi) is 4.33. The minimum Gasteiger partial charge on any atom is -0.495 e. The summed E-state index contributed by atoms with van der Waals surface area (Å²) in [6, 6.07) is 15.6. The van der Waals surface area contributed by atoms with E-state index in [1.165, 1.54) is 5.56 Å². The number of aromatic nitrogens is 3. The van der Waals surface area contributed by atoms with Crippen molar-refractivity contribution in [1.29, 1.82) is 0 Å².